The molecule has 1 saturated heterocycles. The van der Waals surface area contributed by atoms with Crippen LogP contribution in [0.2, 0.25) is 0 Å². The van der Waals surface area contributed by atoms with Crippen molar-refractivity contribution >= 4 is 23.2 Å². The van der Waals surface area contributed by atoms with Crippen LogP contribution in [0.25, 0.3) is 0 Å². The second-order valence-corrected chi connectivity index (χ2v) is 6.97. The van der Waals surface area contributed by atoms with Gasteiger partial charge in [-0.1, -0.05) is 30.3 Å². The summed E-state index contributed by atoms with van der Waals surface area (Å²) in [6.07, 6.45) is 0. The van der Waals surface area contributed by atoms with Crippen molar-refractivity contribution in [3.63, 3.8) is 0 Å². The number of thiophene rings is 1. The van der Waals surface area contributed by atoms with Crippen LogP contribution < -0.4 is 5.48 Å². The third-order valence-corrected chi connectivity index (χ3v) is 5.50. The summed E-state index contributed by atoms with van der Waals surface area (Å²) in [7, 11) is 0. The molecule has 1 aromatic carbocycles. The molecular formula is C18H21N3O3S. The number of aryl methyl sites for hydroxylation is 1. The van der Waals surface area contributed by atoms with E-state index in [0.29, 0.717) is 26.2 Å². The number of carbonyl (C=O) groups is 2. The Kier molecular flexibility index (Phi) is 5.47. The minimum atomic E-state index is -0.563. The number of piperazine rings is 1. The van der Waals surface area contributed by atoms with Gasteiger partial charge in [0.2, 0.25) is 0 Å². The van der Waals surface area contributed by atoms with Crippen molar-refractivity contribution in [2.45, 2.75) is 13.0 Å². The van der Waals surface area contributed by atoms with Gasteiger partial charge in [0.05, 0.1) is 4.88 Å². The molecule has 7 heteroatoms. The highest BCUT2D eigenvalue weighted by atomic mass is 32.1. The van der Waals surface area contributed by atoms with E-state index in [9.17, 15) is 9.59 Å². The van der Waals surface area contributed by atoms with E-state index >= 15 is 0 Å². The summed E-state index contributed by atoms with van der Waals surface area (Å²) >= 11 is 1.46. The van der Waals surface area contributed by atoms with Gasteiger partial charge in [-0.25, -0.2) is 5.48 Å². The molecule has 3 rings (SSSR count). The Labute approximate surface area is 150 Å². The number of benzene rings is 1. The third kappa shape index (κ3) is 3.73. The van der Waals surface area contributed by atoms with Crippen LogP contribution in [0.3, 0.4) is 0 Å². The largest absolute Gasteiger partial charge is 0.335 e. The summed E-state index contributed by atoms with van der Waals surface area (Å²) in [6, 6.07) is 10.7. The molecule has 2 N–H and O–H groups in total. The lowest BCUT2D eigenvalue weighted by molar-refractivity contribution is -0.135. The second kappa shape index (κ2) is 7.77. The predicted octanol–water partition coefficient (Wildman–Crippen LogP) is 2.06. The van der Waals surface area contributed by atoms with Gasteiger partial charge in [0.25, 0.3) is 11.8 Å². The molecule has 6 nitrogen and oxygen atoms in total. The maximum Gasteiger partial charge on any atom is 0.265 e. The summed E-state index contributed by atoms with van der Waals surface area (Å²) in [5.74, 6) is -0.407. The Morgan fingerprint density at radius 2 is 1.80 bits per heavy atom. The van der Waals surface area contributed by atoms with Gasteiger partial charge in [0.1, 0.15) is 6.04 Å². The molecule has 0 saturated carbocycles. The van der Waals surface area contributed by atoms with Crippen LogP contribution in [-0.2, 0) is 4.79 Å². The van der Waals surface area contributed by atoms with Crippen LogP contribution in [-0.4, -0.2) is 53.0 Å². The number of nitrogens with one attached hydrogen (secondary N) is 1. The number of nitrogens with zero attached hydrogens (tertiary/aromatic N) is 2. The molecule has 0 aliphatic carbocycles. The first kappa shape index (κ1) is 17.6. The first-order valence-corrected chi connectivity index (χ1v) is 9.06. The minimum Gasteiger partial charge on any atom is -0.335 e. The van der Waals surface area contributed by atoms with Gasteiger partial charge >= 0.3 is 0 Å². The summed E-state index contributed by atoms with van der Waals surface area (Å²) in [5.41, 5.74) is 3.59. The fourth-order valence-electron chi connectivity index (χ4n) is 3.14. The van der Waals surface area contributed by atoms with Crippen molar-refractivity contribution in [1.82, 2.24) is 15.3 Å². The fraction of sp³-hybridized carbons (Fsp3) is 0.333. The first-order chi connectivity index (χ1) is 12.1. The highest BCUT2D eigenvalue weighted by Crippen LogP contribution is 2.24. The maximum atomic E-state index is 12.6. The summed E-state index contributed by atoms with van der Waals surface area (Å²) in [4.78, 5) is 29.4. The van der Waals surface area contributed by atoms with Crippen molar-refractivity contribution in [3.8, 4) is 0 Å². The second-order valence-electron chi connectivity index (χ2n) is 6.05. The van der Waals surface area contributed by atoms with Gasteiger partial charge in [-0.3, -0.25) is 19.7 Å². The molecule has 2 aromatic rings. The lowest BCUT2D eigenvalue weighted by atomic mass is 10.0. The molecule has 0 radical (unpaired) electrons. The molecule has 1 fully saturated rings. The number of rotatable bonds is 4. The predicted molar refractivity (Wildman–Crippen MR) is 95.6 cm³/mol. The third-order valence-electron chi connectivity index (χ3n) is 4.50. The van der Waals surface area contributed by atoms with E-state index in [-0.39, 0.29) is 5.91 Å². The zero-order valence-electron chi connectivity index (χ0n) is 14.0. The van der Waals surface area contributed by atoms with Crippen LogP contribution >= 0.6 is 11.3 Å². The molecule has 1 aliphatic rings. The molecule has 0 bridgehead atoms. The van der Waals surface area contributed by atoms with Crippen molar-refractivity contribution in [1.29, 1.82) is 0 Å². The topological polar surface area (TPSA) is 72.9 Å². The Hall–Kier alpha value is -2.22. The zero-order valence-corrected chi connectivity index (χ0v) is 14.8. The van der Waals surface area contributed by atoms with Crippen LogP contribution in [0, 0.1) is 6.92 Å². The van der Waals surface area contributed by atoms with E-state index in [1.807, 2.05) is 58.5 Å². The molecule has 1 atom stereocenters. The molecule has 25 heavy (non-hydrogen) atoms. The number of amides is 2. The molecule has 2 heterocycles. The van der Waals surface area contributed by atoms with Crippen molar-refractivity contribution < 1.29 is 14.8 Å². The number of hydrogen-bond acceptors (Lipinski definition) is 5. The minimum absolute atomic E-state index is 0.0509. The van der Waals surface area contributed by atoms with E-state index < -0.39 is 11.9 Å². The molecule has 2 amide bonds. The van der Waals surface area contributed by atoms with E-state index in [0.717, 1.165) is 16.0 Å². The van der Waals surface area contributed by atoms with Crippen LogP contribution in [0.15, 0.2) is 41.8 Å². The average Bonchev–Trinajstić information content (AvgIpc) is 3.08. The molecule has 1 unspecified atom stereocenters. The highest BCUT2D eigenvalue weighted by molar-refractivity contribution is 7.12. The van der Waals surface area contributed by atoms with E-state index in [2.05, 4.69) is 0 Å². The van der Waals surface area contributed by atoms with Gasteiger partial charge in [-0.05, 0) is 29.5 Å². The smallest absolute Gasteiger partial charge is 0.265 e. The number of hydrogen-bond donors (Lipinski definition) is 2. The molecule has 1 aromatic heterocycles. The summed E-state index contributed by atoms with van der Waals surface area (Å²) in [6.45, 7) is 4.19. The van der Waals surface area contributed by atoms with Crippen LogP contribution in [0.5, 0.6) is 0 Å². The Bertz CT molecular complexity index is 739. The molecule has 0 spiro atoms. The summed E-state index contributed by atoms with van der Waals surface area (Å²) in [5, 5.41) is 11.0. The van der Waals surface area contributed by atoms with Gasteiger partial charge < -0.3 is 4.90 Å². The van der Waals surface area contributed by atoms with Gasteiger partial charge in [-0.2, -0.15) is 0 Å². The van der Waals surface area contributed by atoms with Crippen LogP contribution in [0.1, 0.15) is 26.8 Å². The van der Waals surface area contributed by atoms with Gasteiger partial charge in [0.15, 0.2) is 0 Å². The van der Waals surface area contributed by atoms with Crippen LogP contribution in [0.4, 0.5) is 0 Å². The van der Waals surface area contributed by atoms with E-state index in [4.69, 9.17) is 5.21 Å². The molecule has 132 valence electrons. The number of carbonyl (C=O) groups excluding carboxylic acids is 2. The molecule has 1 aliphatic heterocycles. The fourth-order valence-corrected chi connectivity index (χ4v) is 4.04. The quantitative estimate of drug-likeness (QED) is 0.647. The van der Waals surface area contributed by atoms with Crippen molar-refractivity contribution in [2.24, 2.45) is 0 Å². The highest BCUT2D eigenvalue weighted by Gasteiger charge is 2.32. The lowest BCUT2D eigenvalue weighted by Gasteiger charge is -2.38. The average molecular weight is 359 g/mol. The SMILES string of the molecule is Cc1ccsc1C(=O)N1CCN(C(C(=O)NO)c2ccccc2)CC1. The van der Waals surface area contributed by atoms with Gasteiger partial charge in [-0.15, -0.1) is 11.3 Å². The normalized spacial score (nSPS) is 16.5. The zero-order chi connectivity index (χ0) is 17.8. The maximum absolute atomic E-state index is 12.6. The Morgan fingerprint density at radius 1 is 1.12 bits per heavy atom. The van der Waals surface area contributed by atoms with E-state index in [1.165, 1.54) is 11.3 Å². The molecular weight excluding hydrogens is 338 g/mol. The van der Waals surface area contributed by atoms with Crippen molar-refractivity contribution in [3.05, 3.63) is 57.8 Å². The monoisotopic (exact) mass is 359 g/mol. The van der Waals surface area contributed by atoms with E-state index in [1.54, 1.807) is 5.48 Å². The Balaban J connectivity index is 1.70. The number of hydroxylamine groups is 1. The van der Waals surface area contributed by atoms with Crippen molar-refractivity contribution in [2.75, 3.05) is 26.2 Å². The first-order valence-electron chi connectivity index (χ1n) is 8.18. The Morgan fingerprint density at radius 3 is 2.36 bits per heavy atom. The lowest BCUT2D eigenvalue weighted by Crippen LogP contribution is -2.52. The standard InChI is InChI=1S/C18H21N3O3S/c1-13-7-12-25-16(13)18(23)21-10-8-20(9-11-21)15(17(22)19-24)14-5-3-2-4-6-14/h2-7,12,15,24H,8-11H2,1H3,(H,19,22). The summed E-state index contributed by atoms with van der Waals surface area (Å²) < 4.78 is 0. The van der Waals surface area contributed by atoms with Gasteiger partial charge in [0, 0.05) is 26.2 Å².